The summed E-state index contributed by atoms with van der Waals surface area (Å²) in [6, 6.07) is 0. The van der Waals surface area contributed by atoms with Crippen LogP contribution in [0.2, 0.25) is 55.4 Å². The van der Waals surface area contributed by atoms with E-state index in [4.69, 9.17) is 20.6 Å². The molecule has 0 bridgehead atoms. The number of hydrogen-bond acceptors (Lipinski definition) is 5. The molecule has 1 saturated heterocycles. The van der Waals surface area contributed by atoms with Crippen LogP contribution in [0.15, 0.2) is 0 Å². The minimum absolute atomic E-state index is 0.261. The molecule has 1 heterocycles. The average Bonchev–Trinajstić information content (AvgIpc) is 2.79. The van der Waals surface area contributed by atoms with Crippen LogP contribution in [0.1, 0.15) is 138 Å². The fourth-order valence-corrected chi connectivity index (χ4v) is 45.2. The van der Waals surface area contributed by atoms with E-state index >= 15 is 0 Å². The van der Waals surface area contributed by atoms with Crippen LogP contribution in [0.3, 0.4) is 0 Å². The maximum absolute atomic E-state index is 7.91. The van der Waals surface area contributed by atoms with Crippen LogP contribution in [-0.4, -0.2) is 42.8 Å². The molecule has 0 aromatic carbocycles. The summed E-state index contributed by atoms with van der Waals surface area (Å²) < 4.78 is 39.5. The molecule has 0 unspecified atom stereocenters. The third-order valence-electron chi connectivity index (χ3n) is 9.64. The first-order valence-electron chi connectivity index (χ1n) is 16.5. The molecule has 1 aliphatic heterocycles. The van der Waals surface area contributed by atoms with E-state index in [1.54, 1.807) is 0 Å². The maximum atomic E-state index is 7.91. The van der Waals surface area contributed by atoms with E-state index in [2.05, 4.69) is 138 Å². The van der Waals surface area contributed by atoms with Crippen molar-refractivity contribution >= 4 is 42.8 Å². The first-order chi connectivity index (χ1) is 18.0. The second-order valence-electron chi connectivity index (χ2n) is 15.7. The zero-order valence-corrected chi connectivity index (χ0v) is 35.3. The molecule has 0 N–H and O–H groups in total. The molecule has 0 aromatic rings. The van der Waals surface area contributed by atoms with Crippen molar-refractivity contribution in [2.45, 2.75) is 194 Å². The van der Waals surface area contributed by atoms with Crippen LogP contribution in [0.5, 0.6) is 0 Å². The summed E-state index contributed by atoms with van der Waals surface area (Å²) in [7, 11) is -14.5. The van der Waals surface area contributed by atoms with Crippen LogP contribution in [0.4, 0.5) is 0 Å². The molecule has 240 valence electrons. The minimum Gasteiger partial charge on any atom is -0.415 e. The Labute approximate surface area is 256 Å². The molecule has 0 saturated carbocycles. The van der Waals surface area contributed by atoms with Crippen LogP contribution >= 0.6 is 0 Å². The van der Waals surface area contributed by atoms with Gasteiger partial charge < -0.3 is 20.6 Å². The van der Waals surface area contributed by atoms with E-state index in [0.717, 1.165) is 0 Å². The maximum Gasteiger partial charge on any atom is 0.325 e. The van der Waals surface area contributed by atoms with E-state index in [9.17, 15) is 0 Å². The van der Waals surface area contributed by atoms with E-state index < -0.39 is 42.8 Å². The molecule has 1 fully saturated rings. The van der Waals surface area contributed by atoms with Gasteiger partial charge in [0.15, 0.2) is 0 Å². The van der Waals surface area contributed by atoms with E-state index in [1.165, 1.54) is 0 Å². The molecule has 10 heteroatoms. The van der Waals surface area contributed by atoms with Crippen LogP contribution in [0.25, 0.3) is 0 Å². The van der Waals surface area contributed by atoms with Gasteiger partial charge in [0, 0.05) is 0 Å². The van der Waals surface area contributed by atoms with E-state index in [-0.39, 0.29) is 55.4 Å². The Kier molecular flexibility index (Phi) is 13.5. The summed E-state index contributed by atoms with van der Waals surface area (Å²) in [5.41, 5.74) is 2.61. The van der Waals surface area contributed by atoms with Gasteiger partial charge in [-0.15, -0.1) is 0 Å². The Bertz CT molecular complexity index is 584. The molecular weight excluding hydrogens is 581 g/mol. The highest BCUT2D eigenvalue weighted by molar-refractivity contribution is 6.97. The lowest BCUT2D eigenvalue weighted by Gasteiger charge is -2.60. The summed E-state index contributed by atoms with van der Waals surface area (Å²) in [6.07, 6.45) is 0. The standard InChI is InChI=1S/C30H70O5Si5/c1-21(2)36(22(3)4)31-37(23(5)6,24(7)8)33-39(27(13)14,28(15)16)35-40(29(17)18,30(19)20)34-38(32-36,25(9)10)26(11)12/h21-30H,1-20H3. The van der Waals surface area contributed by atoms with Gasteiger partial charge in [0.2, 0.25) is 0 Å². The molecule has 1 aliphatic rings. The van der Waals surface area contributed by atoms with Crippen LogP contribution in [-0.2, 0) is 20.6 Å². The zero-order valence-electron chi connectivity index (χ0n) is 30.3. The SMILES string of the molecule is CC(C)[Si]1(C(C)C)O[Si](C(C)C)(C(C)C)O[Si](C(C)C)(C(C)C)O[Si](C(C)C)(C(C)C)O[Si](C(C)C)(C(C)C)O1. The Morgan fingerprint density at radius 1 is 0.200 bits per heavy atom. The highest BCUT2D eigenvalue weighted by atomic mass is 28.5. The van der Waals surface area contributed by atoms with Crippen molar-refractivity contribution in [3.05, 3.63) is 0 Å². The van der Waals surface area contributed by atoms with E-state index in [1.807, 2.05) is 0 Å². The fraction of sp³-hybridized carbons (Fsp3) is 1.00. The van der Waals surface area contributed by atoms with Gasteiger partial charge >= 0.3 is 42.8 Å². The van der Waals surface area contributed by atoms with Crippen molar-refractivity contribution in [2.75, 3.05) is 0 Å². The second-order valence-corrected chi connectivity index (χ2v) is 38.5. The molecule has 40 heavy (non-hydrogen) atoms. The summed E-state index contributed by atoms with van der Waals surface area (Å²) in [6.45, 7) is 46.7. The van der Waals surface area contributed by atoms with E-state index in [0.29, 0.717) is 0 Å². The Morgan fingerprint density at radius 3 is 0.325 bits per heavy atom. The lowest BCUT2D eigenvalue weighted by atomic mass is 10.5. The third-order valence-corrected chi connectivity index (χ3v) is 38.5. The van der Waals surface area contributed by atoms with Crippen molar-refractivity contribution in [3.63, 3.8) is 0 Å². The summed E-state index contributed by atoms with van der Waals surface area (Å²) in [5, 5.41) is 0. The topological polar surface area (TPSA) is 46.2 Å². The fourth-order valence-electron chi connectivity index (χ4n) is 7.04. The van der Waals surface area contributed by atoms with Gasteiger partial charge in [0.1, 0.15) is 0 Å². The van der Waals surface area contributed by atoms with Gasteiger partial charge in [-0.05, 0) is 55.4 Å². The third kappa shape index (κ3) is 6.76. The van der Waals surface area contributed by atoms with Gasteiger partial charge in [-0.2, -0.15) is 0 Å². The molecule has 1 rings (SSSR count). The van der Waals surface area contributed by atoms with Crippen molar-refractivity contribution in [2.24, 2.45) is 0 Å². The van der Waals surface area contributed by atoms with Gasteiger partial charge in [-0.3, -0.25) is 0 Å². The Hall–Kier alpha value is 0.884. The van der Waals surface area contributed by atoms with Gasteiger partial charge in [-0.1, -0.05) is 138 Å². The highest BCUT2D eigenvalue weighted by Crippen LogP contribution is 2.55. The Morgan fingerprint density at radius 2 is 0.275 bits per heavy atom. The first kappa shape index (κ1) is 38.9. The van der Waals surface area contributed by atoms with Crippen LogP contribution < -0.4 is 0 Å². The molecule has 0 aliphatic carbocycles. The minimum atomic E-state index is -2.90. The normalized spacial score (nSPS) is 23.2. The monoisotopic (exact) mass is 650 g/mol. The van der Waals surface area contributed by atoms with Crippen LogP contribution in [0, 0.1) is 0 Å². The van der Waals surface area contributed by atoms with Crippen molar-refractivity contribution in [1.29, 1.82) is 0 Å². The van der Waals surface area contributed by atoms with Crippen molar-refractivity contribution < 1.29 is 20.6 Å². The largest absolute Gasteiger partial charge is 0.415 e. The molecule has 0 amide bonds. The molecule has 5 nitrogen and oxygen atoms in total. The van der Waals surface area contributed by atoms with Crippen molar-refractivity contribution in [3.8, 4) is 0 Å². The summed E-state index contributed by atoms with van der Waals surface area (Å²) in [4.78, 5) is 0. The number of hydrogen-bond donors (Lipinski definition) is 0. The molecule has 0 spiro atoms. The lowest BCUT2D eigenvalue weighted by Crippen LogP contribution is -2.75. The summed E-state index contributed by atoms with van der Waals surface area (Å²) >= 11 is 0. The highest BCUT2D eigenvalue weighted by Gasteiger charge is 2.69. The molecule has 0 radical (unpaired) electrons. The van der Waals surface area contributed by atoms with Gasteiger partial charge in [-0.25, -0.2) is 0 Å². The zero-order chi connectivity index (χ0) is 31.8. The quantitative estimate of drug-likeness (QED) is 0.220. The predicted molar refractivity (Wildman–Crippen MR) is 185 cm³/mol. The number of rotatable bonds is 10. The molecule has 0 aromatic heterocycles. The molecule has 0 atom stereocenters. The predicted octanol–water partition coefficient (Wildman–Crippen LogP) is 11.4. The second kappa shape index (κ2) is 13.9. The Balaban J connectivity index is 4.57. The summed E-state index contributed by atoms with van der Waals surface area (Å²) in [5.74, 6) is 0. The average molecular weight is 651 g/mol. The smallest absolute Gasteiger partial charge is 0.325 e. The lowest BCUT2D eigenvalue weighted by molar-refractivity contribution is 0.174. The molecular formula is C30H70O5Si5. The van der Waals surface area contributed by atoms with Gasteiger partial charge in [0.25, 0.3) is 0 Å². The van der Waals surface area contributed by atoms with Gasteiger partial charge in [0.05, 0.1) is 0 Å². The first-order valence-corrected chi connectivity index (χ1v) is 26.3. The van der Waals surface area contributed by atoms with Crippen molar-refractivity contribution in [1.82, 2.24) is 0 Å².